The molecule has 162 valence electrons. The molecule has 0 saturated carbocycles. The van der Waals surface area contributed by atoms with E-state index in [1.54, 1.807) is 23.6 Å². The number of fused-ring (bicyclic) bond motifs is 1. The molecule has 1 unspecified atom stereocenters. The Kier molecular flexibility index (Phi) is 6.91. The van der Waals surface area contributed by atoms with Crippen molar-refractivity contribution < 1.29 is 19.0 Å². The molecule has 1 N–H and O–H groups in total. The third-order valence-electron chi connectivity index (χ3n) is 4.47. The number of carbonyl (C=O) groups is 1. The molecule has 1 aliphatic heterocycles. The highest BCUT2D eigenvalue weighted by molar-refractivity contribution is 7.99. The quantitative estimate of drug-likeness (QED) is 0.494. The summed E-state index contributed by atoms with van der Waals surface area (Å²) in [6.45, 7) is 9.99. The lowest BCUT2D eigenvalue weighted by molar-refractivity contribution is -0.143. The summed E-state index contributed by atoms with van der Waals surface area (Å²) in [5, 5.41) is 8.50. The third kappa shape index (κ3) is 4.40. The Labute approximate surface area is 181 Å². The molecule has 2 heterocycles. The minimum Gasteiger partial charge on any atom is -0.493 e. The molecule has 0 fully saturated rings. The molecule has 0 spiro atoms. The molecule has 0 aliphatic carbocycles. The van der Waals surface area contributed by atoms with E-state index in [2.05, 4.69) is 15.4 Å². The van der Waals surface area contributed by atoms with Gasteiger partial charge in [0.2, 0.25) is 11.1 Å². The van der Waals surface area contributed by atoms with Gasteiger partial charge < -0.3 is 19.5 Å². The number of nitrogens with zero attached hydrogens (tertiary/aromatic N) is 3. The van der Waals surface area contributed by atoms with E-state index in [-0.39, 0.29) is 6.10 Å². The van der Waals surface area contributed by atoms with Gasteiger partial charge in [-0.15, -0.1) is 5.10 Å². The summed E-state index contributed by atoms with van der Waals surface area (Å²) >= 11 is 1.54. The van der Waals surface area contributed by atoms with Crippen LogP contribution in [0.4, 0.5) is 5.95 Å². The van der Waals surface area contributed by atoms with Crippen molar-refractivity contribution in [2.24, 2.45) is 0 Å². The van der Waals surface area contributed by atoms with Gasteiger partial charge >= 0.3 is 5.97 Å². The zero-order chi connectivity index (χ0) is 21.8. The SMILES string of the molecule is CCOc1ccc(C2C(C(=O)OC(C)C)=C(C)Nc3nc(SCC)nn32)cc1OC. The minimum absolute atomic E-state index is 0.239. The van der Waals surface area contributed by atoms with Crippen LogP contribution in [0.5, 0.6) is 11.5 Å². The van der Waals surface area contributed by atoms with E-state index in [1.807, 2.05) is 52.8 Å². The lowest BCUT2D eigenvalue weighted by Crippen LogP contribution is -2.30. The molecule has 1 aromatic carbocycles. The van der Waals surface area contributed by atoms with E-state index in [4.69, 9.17) is 14.2 Å². The fourth-order valence-electron chi connectivity index (χ4n) is 3.30. The van der Waals surface area contributed by atoms with Crippen molar-refractivity contribution in [1.82, 2.24) is 14.8 Å². The van der Waals surface area contributed by atoms with Gasteiger partial charge in [0.15, 0.2) is 11.5 Å². The Balaban J connectivity index is 2.14. The van der Waals surface area contributed by atoms with Crippen LogP contribution >= 0.6 is 11.8 Å². The Morgan fingerprint density at radius 3 is 2.70 bits per heavy atom. The average Bonchev–Trinajstić information content (AvgIpc) is 3.09. The van der Waals surface area contributed by atoms with Gasteiger partial charge in [-0.25, -0.2) is 9.48 Å². The lowest BCUT2D eigenvalue weighted by atomic mass is 9.95. The number of ether oxygens (including phenoxy) is 3. The van der Waals surface area contributed by atoms with Crippen LogP contribution in [0.2, 0.25) is 0 Å². The van der Waals surface area contributed by atoms with Crippen LogP contribution in [0.25, 0.3) is 0 Å². The lowest BCUT2D eigenvalue weighted by Gasteiger charge is -2.29. The third-order valence-corrected chi connectivity index (χ3v) is 5.19. The molecule has 0 amide bonds. The molecule has 1 aromatic heterocycles. The molecular weight excluding hydrogens is 404 g/mol. The van der Waals surface area contributed by atoms with E-state index < -0.39 is 12.0 Å². The number of benzene rings is 1. The largest absolute Gasteiger partial charge is 0.493 e. The van der Waals surface area contributed by atoms with Crippen LogP contribution in [0.3, 0.4) is 0 Å². The van der Waals surface area contributed by atoms with E-state index in [1.165, 1.54) is 0 Å². The maximum absolute atomic E-state index is 13.0. The molecule has 3 rings (SSSR count). The average molecular weight is 433 g/mol. The molecule has 8 nitrogen and oxygen atoms in total. The summed E-state index contributed by atoms with van der Waals surface area (Å²) in [6.07, 6.45) is -0.239. The van der Waals surface area contributed by atoms with Crippen LogP contribution in [-0.2, 0) is 9.53 Å². The van der Waals surface area contributed by atoms with Crippen molar-refractivity contribution in [3.63, 3.8) is 0 Å². The highest BCUT2D eigenvalue weighted by atomic mass is 32.2. The Morgan fingerprint density at radius 1 is 1.30 bits per heavy atom. The van der Waals surface area contributed by atoms with Gasteiger partial charge in [0.1, 0.15) is 6.04 Å². The van der Waals surface area contributed by atoms with Crippen LogP contribution in [0.1, 0.15) is 46.2 Å². The summed E-state index contributed by atoms with van der Waals surface area (Å²) in [4.78, 5) is 17.6. The zero-order valence-electron chi connectivity index (χ0n) is 18.2. The summed E-state index contributed by atoms with van der Waals surface area (Å²) in [7, 11) is 1.59. The second-order valence-electron chi connectivity index (χ2n) is 6.96. The number of thioether (sulfide) groups is 1. The maximum atomic E-state index is 13.0. The summed E-state index contributed by atoms with van der Waals surface area (Å²) < 4.78 is 18.4. The molecule has 1 aliphatic rings. The molecule has 9 heteroatoms. The van der Waals surface area contributed by atoms with E-state index in [0.29, 0.717) is 40.5 Å². The van der Waals surface area contributed by atoms with Crippen LogP contribution in [-0.4, -0.2) is 46.3 Å². The number of methoxy groups -OCH3 is 1. The molecular formula is C21H28N4O4S. The Bertz CT molecular complexity index is 954. The summed E-state index contributed by atoms with van der Waals surface area (Å²) in [6, 6.07) is 5.13. The first kappa shape index (κ1) is 22.0. The van der Waals surface area contributed by atoms with Crippen LogP contribution < -0.4 is 14.8 Å². The number of carbonyl (C=O) groups excluding carboxylic acids is 1. The highest BCUT2D eigenvalue weighted by Gasteiger charge is 2.36. The molecule has 0 radical (unpaired) electrons. The molecule has 0 bridgehead atoms. The fourth-order valence-corrected chi connectivity index (χ4v) is 3.86. The first-order valence-corrected chi connectivity index (χ1v) is 11.0. The molecule has 30 heavy (non-hydrogen) atoms. The highest BCUT2D eigenvalue weighted by Crippen LogP contribution is 2.39. The topological polar surface area (TPSA) is 87.5 Å². The zero-order valence-corrected chi connectivity index (χ0v) is 19.0. The first-order chi connectivity index (χ1) is 14.4. The number of nitrogens with one attached hydrogen (secondary N) is 1. The van der Waals surface area contributed by atoms with Gasteiger partial charge in [-0.05, 0) is 51.1 Å². The number of hydrogen-bond donors (Lipinski definition) is 1. The number of anilines is 1. The van der Waals surface area contributed by atoms with Gasteiger partial charge in [0, 0.05) is 5.70 Å². The van der Waals surface area contributed by atoms with Crippen LogP contribution in [0.15, 0.2) is 34.6 Å². The first-order valence-electron chi connectivity index (χ1n) is 9.98. The maximum Gasteiger partial charge on any atom is 0.338 e. The van der Waals surface area contributed by atoms with Crippen molar-refractivity contribution in [1.29, 1.82) is 0 Å². The number of hydrogen-bond acceptors (Lipinski definition) is 8. The van der Waals surface area contributed by atoms with Crippen molar-refractivity contribution in [3.05, 3.63) is 35.0 Å². The van der Waals surface area contributed by atoms with Crippen molar-refractivity contribution >= 4 is 23.7 Å². The van der Waals surface area contributed by atoms with Gasteiger partial charge in [-0.1, -0.05) is 24.8 Å². The predicted molar refractivity (Wildman–Crippen MR) is 116 cm³/mol. The monoisotopic (exact) mass is 432 g/mol. The van der Waals surface area contributed by atoms with Crippen molar-refractivity contribution in [3.8, 4) is 11.5 Å². The van der Waals surface area contributed by atoms with E-state index >= 15 is 0 Å². The molecule has 2 aromatic rings. The number of aromatic nitrogens is 3. The Hall–Kier alpha value is -2.68. The molecule has 0 saturated heterocycles. The fraction of sp³-hybridized carbons (Fsp3) is 0.476. The number of rotatable bonds is 8. The standard InChI is InChI=1S/C21H28N4O4S/c1-7-28-15-10-9-14(11-16(15)27-6)18-17(19(26)29-12(3)4)13(5)22-20-23-21(30-8-2)24-25(18)20/h9-12,18H,7-8H2,1-6H3,(H,22,23,24). The second kappa shape index (κ2) is 9.42. The summed E-state index contributed by atoms with van der Waals surface area (Å²) in [5.41, 5.74) is 2.00. The minimum atomic E-state index is -0.504. The van der Waals surface area contributed by atoms with E-state index in [0.717, 1.165) is 11.3 Å². The predicted octanol–water partition coefficient (Wildman–Crippen LogP) is 4.04. The van der Waals surface area contributed by atoms with Crippen molar-refractivity contribution in [2.75, 3.05) is 24.8 Å². The van der Waals surface area contributed by atoms with E-state index in [9.17, 15) is 4.79 Å². The van der Waals surface area contributed by atoms with Gasteiger partial charge in [0.05, 0.1) is 25.4 Å². The number of esters is 1. The second-order valence-corrected chi connectivity index (χ2v) is 8.19. The van der Waals surface area contributed by atoms with Gasteiger partial charge in [-0.2, -0.15) is 4.98 Å². The normalized spacial score (nSPS) is 15.6. The van der Waals surface area contributed by atoms with Crippen LogP contribution in [0, 0.1) is 0 Å². The molecule has 1 atom stereocenters. The number of allylic oxidation sites excluding steroid dienone is 1. The summed E-state index contributed by atoms with van der Waals surface area (Å²) in [5.74, 6) is 2.28. The smallest absolute Gasteiger partial charge is 0.338 e. The Morgan fingerprint density at radius 2 is 2.07 bits per heavy atom. The van der Waals surface area contributed by atoms with Gasteiger partial charge in [-0.3, -0.25) is 0 Å². The van der Waals surface area contributed by atoms with Gasteiger partial charge in [0.25, 0.3) is 0 Å². The van der Waals surface area contributed by atoms with Crippen molar-refractivity contribution in [2.45, 2.75) is 51.9 Å².